The van der Waals surface area contributed by atoms with Crippen LogP contribution in [0.15, 0.2) is 22.9 Å². The molecule has 0 bridgehead atoms. The maximum absolute atomic E-state index is 12.4. The Morgan fingerprint density at radius 2 is 2.33 bits per heavy atom. The van der Waals surface area contributed by atoms with E-state index in [0.29, 0.717) is 11.5 Å². The topological polar surface area (TPSA) is 33.2 Å². The van der Waals surface area contributed by atoms with Crippen molar-refractivity contribution in [1.29, 1.82) is 0 Å². The van der Waals surface area contributed by atoms with Crippen LogP contribution in [0.4, 0.5) is 0 Å². The summed E-state index contributed by atoms with van der Waals surface area (Å²) in [5.41, 5.74) is 0.670. The third kappa shape index (κ3) is 3.54. The summed E-state index contributed by atoms with van der Waals surface area (Å²) in [6.45, 7) is 1.74. The second-order valence-corrected chi connectivity index (χ2v) is 6.34. The number of rotatable bonds is 3. The van der Waals surface area contributed by atoms with Crippen LogP contribution < -0.4 is 0 Å². The predicted octanol–water partition coefficient (Wildman–Crippen LogP) is 3.48. The van der Waals surface area contributed by atoms with Gasteiger partial charge in [-0.2, -0.15) is 0 Å². The van der Waals surface area contributed by atoms with Gasteiger partial charge >= 0.3 is 0 Å². The Kier molecular flexibility index (Phi) is 5.18. The number of halogens is 2. The number of alkyl halides is 1. The number of aromatic nitrogens is 1. The van der Waals surface area contributed by atoms with E-state index in [1.54, 1.807) is 12.4 Å². The molecule has 0 radical (unpaired) electrons. The number of nitrogens with zero attached hydrogens (tertiary/aromatic N) is 2. The number of carbonyl (C=O) groups excluding carboxylic acids is 1. The van der Waals surface area contributed by atoms with Gasteiger partial charge in [0.1, 0.15) is 0 Å². The summed E-state index contributed by atoms with van der Waals surface area (Å²) < 4.78 is 0.849. The maximum atomic E-state index is 12.4. The van der Waals surface area contributed by atoms with Gasteiger partial charge < -0.3 is 4.90 Å². The first-order chi connectivity index (χ1) is 8.70. The molecule has 18 heavy (non-hydrogen) atoms. The smallest absolute Gasteiger partial charge is 0.255 e. The molecule has 1 fully saturated rings. The zero-order valence-corrected chi connectivity index (χ0v) is 13.3. The molecule has 1 saturated heterocycles. The molecule has 5 heteroatoms. The number of piperidine rings is 1. The van der Waals surface area contributed by atoms with Crippen LogP contribution in [0, 0.1) is 5.92 Å². The van der Waals surface area contributed by atoms with Crippen molar-refractivity contribution in [3.63, 3.8) is 0 Å². The monoisotopic (exact) mass is 374 g/mol. The highest BCUT2D eigenvalue weighted by Crippen LogP contribution is 2.22. The average Bonchev–Trinajstić information content (AvgIpc) is 2.39. The Balaban J connectivity index is 2.04. The van der Waals surface area contributed by atoms with Crippen molar-refractivity contribution in [2.24, 2.45) is 5.92 Å². The first-order valence-corrected chi connectivity index (χ1v) is 8.08. The lowest BCUT2D eigenvalue weighted by Crippen LogP contribution is -2.40. The van der Waals surface area contributed by atoms with Gasteiger partial charge in [-0.25, -0.2) is 0 Å². The van der Waals surface area contributed by atoms with Crippen molar-refractivity contribution < 1.29 is 4.79 Å². The molecule has 98 valence electrons. The van der Waals surface area contributed by atoms with E-state index in [1.165, 1.54) is 6.42 Å². The van der Waals surface area contributed by atoms with E-state index in [4.69, 9.17) is 0 Å². The molecule has 3 nitrogen and oxygen atoms in total. The molecule has 1 aliphatic heterocycles. The van der Waals surface area contributed by atoms with Crippen molar-refractivity contribution >= 4 is 37.8 Å². The first-order valence-electron chi connectivity index (χ1n) is 6.16. The Labute approximate surface area is 124 Å². The van der Waals surface area contributed by atoms with Crippen molar-refractivity contribution in [1.82, 2.24) is 9.88 Å². The summed E-state index contributed by atoms with van der Waals surface area (Å²) in [5.74, 6) is 0.727. The normalized spacial score (nSPS) is 19.9. The maximum Gasteiger partial charge on any atom is 0.255 e. The van der Waals surface area contributed by atoms with Gasteiger partial charge in [0.05, 0.1) is 5.56 Å². The predicted molar refractivity (Wildman–Crippen MR) is 79.0 cm³/mol. The molecule has 1 aromatic rings. The van der Waals surface area contributed by atoms with Gasteiger partial charge in [0.15, 0.2) is 0 Å². The lowest BCUT2D eigenvalue weighted by atomic mass is 9.95. The van der Waals surface area contributed by atoms with E-state index in [2.05, 4.69) is 36.8 Å². The van der Waals surface area contributed by atoms with Gasteiger partial charge in [-0.1, -0.05) is 15.9 Å². The number of pyridine rings is 1. The van der Waals surface area contributed by atoms with Crippen molar-refractivity contribution in [3.05, 3.63) is 28.5 Å². The quantitative estimate of drug-likeness (QED) is 0.757. The molecule has 0 spiro atoms. The molecular formula is C13H16Br2N2O. The van der Waals surface area contributed by atoms with Crippen LogP contribution >= 0.6 is 31.9 Å². The van der Waals surface area contributed by atoms with E-state index >= 15 is 0 Å². The van der Waals surface area contributed by atoms with Crippen LogP contribution in [-0.4, -0.2) is 34.2 Å². The van der Waals surface area contributed by atoms with Crippen molar-refractivity contribution in [2.75, 3.05) is 18.4 Å². The Morgan fingerprint density at radius 3 is 3.06 bits per heavy atom. The minimum atomic E-state index is 0.100. The van der Waals surface area contributed by atoms with E-state index in [1.807, 2.05) is 11.0 Å². The van der Waals surface area contributed by atoms with Gasteiger partial charge in [0, 0.05) is 35.3 Å². The molecule has 1 aromatic heterocycles. The zero-order chi connectivity index (χ0) is 13.0. The molecule has 1 aliphatic rings. The Hall–Kier alpha value is -0.420. The van der Waals surface area contributed by atoms with Crippen molar-refractivity contribution in [3.8, 4) is 0 Å². The molecule has 2 heterocycles. The van der Waals surface area contributed by atoms with Gasteiger partial charge in [0.2, 0.25) is 0 Å². The molecular weight excluding hydrogens is 360 g/mol. The van der Waals surface area contributed by atoms with Crippen LogP contribution in [-0.2, 0) is 0 Å². The highest BCUT2D eigenvalue weighted by Gasteiger charge is 2.24. The molecule has 1 atom stereocenters. The SMILES string of the molecule is O=C(c1cncc(Br)c1)N1CCCC(CCBr)C1. The Bertz CT molecular complexity index is 423. The largest absolute Gasteiger partial charge is 0.338 e. The number of hydrogen-bond donors (Lipinski definition) is 0. The van der Waals surface area contributed by atoms with Crippen LogP contribution in [0.3, 0.4) is 0 Å². The fourth-order valence-corrected chi connectivity index (χ4v) is 3.36. The summed E-state index contributed by atoms with van der Waals surface area (Å²) in [4.78, 5) is 18.4. The lowest BCUT2D eigenvalue weighted by Gasteiger charge is -2.32. The summed E-state index contributed by atoms with van der Waals surface area (Å²) >= 11 is 6.83. The standard InChI is InChI=1S/C13H16Br2N2O/c14-4-3-10-2-1-5-17(9-10)13(18)11-6-12(15)8-16-7-11/h6-8,10H,1-5,9H2. The zero-order valence-electron chi connectivity index (χ0n) is 10.1. The fourth-order valence-electron chi connectivity index (χ4n) is 2.35. The summed E-state index contributed by atoms with van der Waals surface area (Å²) in [5, 5.41) is 1.01. The van der Waals surface area contributed by atoms with Crippen LogP contribution in [0.2, 0.25) is 0 Å². The molecule has 0 aromatic carbocycles. The van der Waals surface area contributed by atoms with Crippen molar-refractivity contribution in [2.45, 2.75) is 19.3 Å². The molecule has 1 amide bonds. The fraction of sp³-hybridized carbons (Fsp3) is 0.538. The van der Waals surface area contributed by atoms with E-state index < -0.39 is 0 Å². The molecule has 2 rings (SSSR count). The third-order valence-corrected chi connectivity index (χ3v) is 4.17. The van der Waals surface area contributed by atoms with E-state index in [-0.39, 0.29) is 5.91 Å². The van der Waals surface area contributed by atoms with E-state index in [0.717, 1.165) is 35.7 Å². The first kappa shape index (κ1) is 14.0. The number of likely N-dealkylation sites (tertiary alicyclic amines) is 1. The summed E-state index contributed by atoms with van der Waals surface area (Å²) in [6, 6.07) is 1.84. The minimum absolute atomic E-state index is 0.100. The second kappa shape index (κ2) is 6.66. The molecule has 0 N–H and O–H groups in total. The van der Waals surface area contributed by atoms with Gasteiger partial charge in [-0.3, -0.25) is 9.78 Å². The average molecular weight is 376 g/mol. The number of carbonyl (C=O) groups is 1. The molecule has 0 aliphatic carbocycles. The van der Waals surface area contributed by atoms with Crippen LogP contribution in [0.25, 0.3) is 0 Å². The van der Waals surface area contributed by atoms with Gasteiger partial charge in [-0.15, -0.1) is 0 Å². The Morgan fingerprint density at radius 1 is 1.50 bits per heavy atom. The molecule has 0 saturated carbocycles. The number of amides is 1. The highest BCUT2D eigenvalue weighted by atomic mass is 79.9. The van der Waals surface area contributed by atoms with Crippen LogP contribution in [0.5, 0.6) is 0 Å². The van der Waals surface area contributed by atoms with Crippen LogP contribution in [0.1, 0.15) is 29.6 Å². The lowest BCUT2D eigenvalue weighted by molar-refractivity contribution is 0.0671. The third-order valence-electron chi connectivity index (χ3n) is 3.28. The minimum Gasteiger partial charge on any atom is -0.338 e. The second-order valence-electron chi connectivity index (χ2n) is 4.63. The number of hydrogen-bond acceptors (Lipinski definition) is 2. The molecule has 1 unspecified atom stereocenters. The summed E-state index contributed by atoms with van der Waals surface area (Å²) in [7, 11) is 0. The van der Waals surface area contributed by atoms with Gasteiger partial charge in [-0.05, 0) is 47.2 Å². The highest BCUT2D eigenvalue weighted by molar-refractivity contribution is 9.10. The van der Waals surface area contributed by atoms with E-state index in [9.17, 15) is 4.79 Å². The summed E-state index contributed by atoms with van der Waals surface area (Å²) in [6.07, 6.45) is 6.80. The van der Waals surface area contributed by atoms with Gasteiger partial charge in [0.25, 0.3) is 5.91 Å².